The third kappa shape index (κ3) is 3.39. The fraction of sp³-hybridized carbons (Fsp3) is 0.350. The van der Waals surface area contributed by atoms with Crippen molar-refractivity contribution in [2.24, 2.45) is 0 Å². The molecule has 2 N–H and O–H groups in total. The smallest absolute Gasteiger partial charge is 0.319 e. The first-order valence-corrected chi connectivity index (χ1v) is 8.25. The van der Waals surface area contributed by atoms with Crippen LogP contribution in [0, 0.1) is 6.92 Å². The zero-order valence-corrected chi connectivity index (χ0v) is 14.0. The highest BCUT2D eigenvalue weighted by Crippen LogP contribution is 2.45. The van der Waals surface area contributed by atoms with Crippen LogP contribution in [0.15, 0.2) is 48.5 Å². The number of benzene rings is 2. The van der Waals surface area contributed by atoms with E-state index in [0.29, 0.717) is 5.92 Å². The standard InChI is InChI=1S/C20H24N2O/c1-14(2)17-6-4-5-7-18(17)21-19(23)22-20(12-13-20)16-10-8-15(3)9-11-16/h4-11,14H,12-13H2,1-3H3,(H2,21,22,23). The van der Waals surface area contributed by atoms with Crippen LogP contribution in [-0.4, -0.2) is 6.03 Å². The number of amides is 2. The molecule has 0 bridgehead atoms. The molecule has 2 amide bonds. The van der Waals surface area contributed by atoms with Gasteiger partial charge in [0.2, 0.25) is 0 Å². The minimum absolute atomic E-state index is 0.129. The van der Waals surface area contributed by atoms with E-state index in [9.17, 15) is 4.79 Å². The number of hydrogen-bond donors (Lipinski definition) is 2. The second-order valence-corrected chi connectivity index (χ2v) is 6.77. The Kier molecular flexibility index (Phi) is 4.12. The Bertz CT molecular complexity index is 700. The van der Waals surface area contributed by atoms with E-state index in [1.165, 1.54) is 11.1 Å². The van der Waals surface area contributed by atoms with E-state index >= 15 is 0 Å². The zero-order valence-electron chi connectivity index (χ0n) is 14.0. The van der Waals surface area contributed by atoms with Crippen molar-refractivity contribution < 1.29 is 4.79 Å². The average Bonchev–Trinajstić information content (AvgIpc) is 3.28. The molecule has 3 heteroatoms. The molecule has 0 aromatic heterocycles. The lowest BCUT2D eigenvalue weighted by Gasteiger charge is -2.20. The average molecular weight is 308 g/mol. The second-order valence-electron chi connectivity index (χ2n) is 6.77. The molecular formula is C20H24N2O. The molecular weight excluding hydrogens is 284 g/mol. The summed E-state index contributed by atoms with van der Waals surface area (Å²) in [5.74, 6) is 0.374. The number of rotatable bonds is 4. The summed E-state index contributed by atoms with van der Waals surface area (Å²) in [6.45, 7) is 6.34. The molecule has 0 unspecified atom stereocenters. The Hall–Kier alpha value is -2.29. The fourth-order valence-corrected chi connectivity index (χ4v) is 2.97. The summed E-state index contributed by atoms with van der Waals surface area (Å²) in [6, 6.07) is 16.3. The molecule has 0 radical (unpaired) electrons. The van der Waals surface area contributed by atoms with E-state index in [1.807, 2.05) is 18.2 Å². The van der Waals surface area contributed by atoms with Crippen molar-refractivity contribution >= 4 is 11.7 Å². The predicted octanol–water partition coefficient (Wildman–Crippen LogP) is 4.93. The first kappa shape index (κ1) is 15.6. The molecule has 2 aromatic carbocycles. The van der Waals surface area contributed by atoms with Crippen LogP contribution in [0.3, 0.4) is 0 Å². The third-order valence-electron chi connectivity index (χ3n) is 4.54. The normalized spacial score (nSPS) is 15.3. The van der Waals surface area contributed by atoms with Crippen molar-refractivity contribution in [1.82, 2.24) is 5.32 Å². The number of hydrogen-bond acceptors (Lipinski definition) is 1. The fourth-order valence-electron chi connectivity index (χ4n) is 2.97. The first-order valence-electron chi connectivity index (χ1n) is 8.25. The van der Waals surface area contributed by atoms with Gasteiger partial charge in [-0.05, 0) is 42.9 Å². The van der Waals surface area contributed by atoms with Crippen LogP contribution in [-0.2, 0) is 5.54 Å². The van der Waals surface area contributed by atoms with Gasteiger partial charge in [0.15, 0.2) is 0 Å². The van der Waals surface area contributed by atoms with Crippen LogP contribution in [0.25, 0.3) is 0 Å². The van der Waals surface area contributed by atoms with Crippen LogP contribution in [0.1, 0.15) is 49.3 Å². The SMILES string of the molecule is Cc1ccc(C2(NC(=O)Nc3ccccc3C(C)C)CC2)cc1. The van der Waals surface area contributed by atoms with Crippen molar-refractivity contribution in [3.05, 3.63) is 65.2 Å². The molecule has 0 heterocycles. The highest BCUT2D eigenvalue weighted by Gasteiger charge is 2.45. The zero-order chi connectivity index (χ0) is 16.4. The molecule has 0 spiro atoms. The van der Waals surface area contributed by atoms with Gasteiger partial charge < -0.3 is 10.6 Å². The molecule has 1 aliphatic carbocycles. The van der Waals surface area contributed by atoms with Crippen molar-refractivity contribution in [2.75, 3.05) is 5.32 Å². The molecule has 2 aromatic rings. The maximum atomic E-state index is 12.5. The van der Waals surface area contributed by atoms with Gasteiger partial charge in [-0.15, -0.1) is 0 Å². The molecule has 0 aliphatic heterocycles. The number of anilines is 1. The molecule has 3 nitrogen and oxygen atoms in total. The molecule has 1 fully saturated rings. The minimum atomic E-state index is -0.190. The predicted molar refractivity (Wildman–Crippen MR) is 94.8 cm³/mol. The molecule has 120 valence electrons. The van der Waals surface area contributed by atoms with E-state index in [2.05, 4.69) is 61.7 Å². The number of nitrogens with one attached hydrogen (secondary N) is 2. The van der Waals surface area contributed by atoms with Gasteiger partial charge in [0.05, 0.1) is 5.54 Å². The number of carbonyl (C=O) groups is 1. The van der Waals surface area contributed by atoms with Crippen LogP contribution in [0.5, 0.6) is 0 Å². The van der Waals surface area contributed by atoms with Crippen LogP contribution in [0.4, 0.5) is 10.5 Å². The largest absolute Gasteiger partial charge is 0.328 e. The van der Waals surface area contributed by atoms with Gasteiger partial charge in [-0.3, -0.25) is 0 Å². The molecule has 3 rings (SSSR count). The summed E-state index contributed by atoms with van der Waals surface area (Å²) >= 11 is 0. The van der Waals surface area contributed by atoms with Crippen LogP contribution >= 0.6 is 0 Å². The molecule has 1 aliphatic rings. The monoisotopic (exact) mass is 308 g/mol. The van der Waals surface area contributed by atoms with Crippen molar-refractivity contribution in [1.29, 1.82) is 0 Å². The van der Waals surface area contributed by atoms with E-state index in [4.69, 9.17) is 0 Å². The topological polar surface area (TPSA) is 41.1 Å². The van der Waals surface area contributed by atoms with Gasteiger partial charge in [-0.1, -0.05) is 61.9 Å². The summed E-state index contributed by atoms with van der Waals surface area (Å²) in [5.41, 5.74) is 4.28. The van der Waals surface area contributed by atoms with Crippen molar-refractivity contribution in [3.63, 3.8) is 0 Å². The summed E-state index contributed by atoms with van der Waals surface area (Å²) < 4.78 is 0. The van der Waals surface area contributed by atoms with Gasteiger partial charge in [-0.2, -0.15) is 0 Å². The van der Waals surface area contributed by atoms with E-state index in [-0.39, 0.29) is 11.6 Å². The first-order chi connectivity index (χ1) is 11.0. The Morgan fingerprint density at radius 1 is 1.04 bits per heavy atom. The summed E-state index contributed by atoms with van der Waals surface area (Å²) in [5, 5.41) is 6.19. The quantitative estimate of drug-likeness (QED) is 0.826. The molecule has 0 saturated heterocycles. The third-order valence-corrected chi connectivity index (χ3v) is 4.54. The van der Waals surface area contributed by atoms with Crippen LogP contribution in [0.2, 0.25) is 0 Å². The lowest BCUT2D eigenvalue weighted by molar-refractivity contribution is 0.247. The highest BCUT2D eigenvalue weighted by atomic mass is 16.2. The van der Waals surface area contributed by atoms with Crippen molar-refractivity contribution in [3.8, 4) is 0 Å². The maximum Gasteiger partial charge on any atom is 0.319 e. The lowest BCUT2D eigenvalue weighted by atomic mass is 10.0. The van der Waals surface area contributed by atoms with Gasteiger partial charge in [0.1, 0.15) is 0 Å². The van der Waals surface area contributed by atoms with E-state index in [1.54, 1.807) is 0 Å². The summed E-state index contributed by atoms with van der Waals surface area (Å²) in [6.07, 6.45) is 1.99. The summed E-state index contributed by atoms with van der Waals surface area (Å²) in [4.78, 5) is 12.5. The number of para-hydroxylation sites is 1. The minimum Gasteiger partial charge on any atom is -0.328 e. The molecule has 23 heavy (non-hydrogen) atoms. The Labute approximate surface area is 138 Å². The van der Waals surface area contributed by atoms with Crippen molar-refractivity contribution in [2.45, 2.75) is 45.1 Å². The number of aryl methyl sites for hydroxylation is 1. The van der Waals surface area contributed by atoms with E-state index < -0.39 is 0 Å². The second kappa shape index (κ2) is 6.07. The highest BCUT2D eigenvalue weighted by molar-refractivity contribution is 5.91. The number of urea groups is 1. The number of carbonyl (C=O) groups excluding carboxylic acids is 1. The molecule has 1 saturated carbocycles. The molecule has 0 atom stereocenters. The Morgan fingerprint density at radius 3 is 2.30 bits per heavy atom. The van der Waals surface area contributed by atoms with Gasteiger partial charge in [-0.25, -0.2) is 4.79 Å². The van der Waals surface area contributed by atoms with E-state index in [0.717, 1.165) is 24.1 Å². The van der Waals surface area contributed by atoms with Crippen LogP contribution < -0.4 is 10.6 Å². The maximum absolute atomic E-state index is 12.5. The van der Waals surface area contributed by atoms with Gasteiger partial charge in [0, 0.05) is 5.69 Å². The Morgan fingerprint density at radius 2 is 1.70 bits per heavy atom. The van der Waals surface area contributed by atoms with Gasteiger partial charge >= 0.3 is 6.03 Å². The van der Waals surface area contributed by atoms with Gasteiger partial charge in [0.25, 0.3) is 0 Å². The lowest BCUT2D eigenvalue weighted by Crippen LogP contribution is -2.38. The summed E-state index contributed by atoms with van der Waals surface area (Å²) in [7, 11) is 0. The Balaban J connectivity index is 1.72.